The van der Waals surface area contributed by atoms with Crippen LogP contribution in [0.1, 0.15) is 45.2 Å². The van der Waals surface area contributed by atoms with Gasteiger partial charge in [0, 0.05) is 13.0 Å². The first-order valence-electron chi connectivity index (χ1n) is 10.7. The van der Waals surface area contributed by atoms with Crippen molar-refractivity contribution in [3.8, 4) is 11.5 Å². The lowest BCUT2D eigenvalue weighted by Crippen LogP contribution is -2.27. The molecule has 164 valence electrons. The molecule has 7 nitrogen and oxygen atoms in total. The quantitative estimate of drug-likeness (QED) is 0.536. The molecule has 0 spiro atoms. The Morgan fingerprint density at radius 3 is 2.61 bits per heavy atom. The molecular formula is C24H29N3O4. The van der Waals surface area contributed by atoms with Crippen molar-refractivity contribution in [3.63, 3.8) is 0 Å². The molecule has 0 bridgehead atoms. The Hall–Kier alpha value is -3.35. The van der Waals surface area contributed by atoms with Gasteiger partial charge in [-0.1, -0.05) is 18.2 Å². The Kier molecular flexibility index (Phi) is 7.65. The number of nitrogens with one attached hydrogen (secondary N) is 1. The molecule has 1 amide bonds. The molecule has 0 aliphatic heterocycles. The Labute approximate surface area is 182 Å². The summed E-state index contributed by atoms with van der Waals surface area (Å²) in [6.45, 7) is 7.31. The number of para-hydroxylation sites is 1. The molecule has 7 heteroatoms. The second kappa shape index (κ2) is 10.6. The molecule has 1 heterocycles. The van der Waals surface area contributed by atoms with Crippen molar-refractivity contribution >= 4 is 16.8 Å². The largest absolute Gasteiger partial charge is 0.490 e. The smallest absolute Gasteiger partial charge is 0.261 e. The molecule has 1 aromatic heterocycles. The number of fused-ring (bicyclic) bond motifs is 1. The number of benzene rings is 2. The highest BCUT2D eigenvalue weighted by Gasteiger charge is 2.13. The second-order valence-corrected chi connectivity index (χ2v) is 7.23. The van der Waals surface area contributed by atoms with Gasteiger partial charge in [-0.15, -0.1) is 0 Å². The Morgan fingerprint density at radius 2 is 1.84 bits per heavy atom. The lowest BCUT2D eigenvalue weighted by atomic mass is 10.1. The summed E-state index contributed by atoms with van der Waals surface area (Å²) < 4.78 is 12.8. The molecule has 0 fully saturated rings. The van der Waals surface area contributed by atoms with E-state index in [4.69, 9.17) is 9.47 Å². The van der Waals surface area contributed by atoms with Crippen molar-refractivity contribution in [3.05, 3.63) is 64.7 Å². The number of ether oxygens (including phenoxy) is 2. The fourth-order valence-electron chi connectivity index (χ4n) is 3.41. The number of hydrogen-bond acceptors (Lipinski definition) is 5. The van der Waals surface area contributed by atoms with Gasteiger partial charge in [0.25, 0.3) is 5.56 Å². The van der Waals surface area contributed by atoms with Crippen LogP contribution in [0.25, 0.3) is 10.9 Å². The van der Waals surface area contributed by atoms with Gasteiger partial charge in [-0.05, 0) is 57.0 Å². The molecule has 0 saturated heterocycles. The van der Waals surface area contributed by atoms with Gasteiger partial charge in [0.15, 0.2) is 11.5 Å². The van der Waals surface area contributed by atoms with Crippen LogP contribution in [-0.2, 0) is 11.3 Å². The number of aryl methyl sites for hydroxylation is 1. The molecular weight excluding hydrogens is 394 g/mol. The average molecular weight is 424 g/mol. The van der Waals surface area contributed by atoms with E-state index in [2.05, 4.69) is 10.3 Å². The van der Waals surface area contributed by atoms with Crippen molar-refractivity contribution in [1.29, 1.82) is 0 Å². The van der Waals surface area contributed by atoms with Gasteiger partial charge >= 0.3 is 0 Å². The molecule has 1 atom stereocenters. The predicted molar refractivity (Wildman–Crippen MR) is 121 cm³/mol. The van der Waals surface area contributed by atoms with Crippen molar-refractivity contribution in [2.24, 2.45) is 0 Å². The standard InChI is InChI=1S/C24H29N3O4/c1-4-30-21-13-12-18(15-22(21)31-5-2)17(3)26-23(28)11-8-14-27-16-25-20-10-7-6-9-19(20)24(27)29/h6-7,9-10,12-13,15-17H,4-5,8,11,14H2,1-3H3,(H,26,28)/t17-/m1/s1. The Bertz CT molecular complexity index is 1090. The van der Waals surface area contributed by atoms with E-state index in [1.165, 1.54) is 0 Å². The van der Waals surface area contributed by atoms with Crippen LogP contribution in [-0.4, -0.2) is 28.7 Å². The number of amides is 1. The first kappa shape index (κ1) is 22.3. The van der Waals surface area contributed by atoms with Crippen molar-refractivity contribution in [1.82, 2.24) is 14.9 Å². The normalized spacial score (nSPS) is 11.8. The summed E-state index contributed by atoms with van der Waals surface area (Å²) in [6.07, 6.45) is 2.41. The highest BCUT2D eigenvalue weighted by Crippen LogP contribution is 2.30. The lowest BCUT2D eigenvalue weighted by Gasteiger charge is -2.17. The number of hydrogen-bond donors (Lipinski definition) is 1. The van der Waals surface area contributed by atoms with Gasteiger partial charge in [-0.25, -0.2) is 4.98 Å². The summed E-state index contributed by atoms with van der Waals surface area (Å²) in [5.74, 6) is 1.30. The van der Waals surface area contributed by atoms with E-state index < -0.39 is 0 Å². The maximum absolute atomic E-state index is 12.5. The van der Waals surface area contributed by atoms with Crippen molar-refractivity contribution < 1.29 is 14.3 Å². The van der Waals surface area contributed by atoms with E-state index in [9.17, 15) is 9.59 Å². The third kappa shape index (κ3) is 5.63. The highest BCUT2D eigenvalue weighted by molar-refractivity contribution is 5.77. The van der Waals surface area contributed by atoms with E-state index in [1.807, 2.05) is 57.2 Å². The summed E-state index contributed by atoms with van der Waals surface area (Å²) in [6, 6.07) is 12.8. The van der Waals surface area contributed by atoms with E-state index >= 15 is 0 Å². The SMILES string of the molecule is CCOc1ccc([C@@H](C)NC(=O)CCCn2cnc3ccccc3c2=O)cc1OCC. The van der Waals surface area contributed by atoms with Crippen LogP contribution in [0.4, 0.5) is 0 Å². The Morgan fingerprint density at radius 1 is 1.10 bits per heavy atom. The minimum atomic E-state index is -0.174. The maximum atomic E-state index is 12.5. The van der Waals surface area contributed by atoms with Crippen LogP contribution in [0.15, 0.2) is 53.6 Å². The highest BCUT2D eigenvalue weighted by atomic mass is 16.5. The molecule has 0 aliphatic carbocycles. The van der Waals surface area contributed by atoms with Gasteiger partial charge in [-0.2, -0.15) is 0 Å². The molecule has 0 unspecified atom stereocenters. The van der Waals surface area contributed by atoms with E-state index in [-0.39, 0.29) is 17.5 Å². The van der Waals surface area contributed by atoms with Crippen LogP contribution < -0.4 is 20.3 Å². The van der Waals surface area contributed by atoms with E-state index in [1.54, 1.807) is 17.0 Å². The first-order valence-corrected chi connectivity index (χ1v) is 10.7. The zero-order valence-electron chi connectivity index (χ0n) is 18.3. The van der Waals surface area contributed by atoms with E-state index in [0.717, 1.165) is 5.56 Å². The first-order chi connectivity index (χ1) is 15.0. The number of nitrogens with zero attached hydrogens (tertiary/aromatic N) is 2. The molecule has 2 aromatic carbocycles. The lowest BCUT2D eigenvalue weighted by molar-refractivity contribution is -0.121. The van der Waals surface area contributed by atoms with Gasteiger partial charge in [0.2, 0.25) is 5.91 Å². The zero-order valence-corrected chi connectivity index (χ0v) is 18.3. The number of carbonyl (C=O) groups is 1. The average Bonchev–Trinajstić information content (AvgIpc) is 2.77. The van der Waals surface area contributed by atoms with Gasteiger partial charge in [-0.3, -0.25) is 14.2 Å². The number of carbonyl (C=O) groups excluding carboxylic acids is 1. The minimum Gasteiger partial charge on any atom is -0.490 e. The molecule has 3 aromatic rings. The van der Waals surface area contributed by atoms with Crippen LogP contribution in [0.5, 0.6) is 11.5 Å². The van der Waals surface area contributed by atoms with Crippen LogP contribution >= 0.6 is 0 Å². The molecule has 0 radical (unpaired) electrons. The maximum Gasteiger partial charge on any atom is 0.261 e. The summed E-state index contributed by atoms with van der Waals surface area (Å²) in [5.41, 5.74) is 1.53. The number of aromatic nitrogens is 2. The monoisotopic (exact) mass is 423 g/mol. The van der Waals surface area contributed by atoms with Gasteiger partial charge in [0.05, 0.1) is 36.5 Å². The Balaban J connectivity index is 1.57. The number of rotatable bonds is 10. The molecule has 31 heavy (non-hydrogen) atoms. The van der Waals surface area contributed by atoms with E-state index in [0.29, 0.717) is 55.0 Å². The fraction of sp³-hybridized carbons (Fsp3) is 0.375. The van der Waals surface area contributed by atoms with Crippen molar-refractivity contribution in [2.75, 3.05) is 13.2 Å². The van der Waals surface area contributed by atoms with Gasteiger partial charge < -0.3 is 14.8 Å². The summed E-state index contributed by atoms with van der Waals surface area (Å²) >= 11 is 0. The van der Waals surface area contributed by atoms with Gasteiger partial charge in [0.1, 0.15) is 0 Å². The minimum absolute atomic E-state index is 0.0684. The molecule has 0 aliphatic rings. The van der Waals surface area contributed by atoms with Crippen molar-refractivity contribution in [2.45, 2.75) is 46.2 Å². The summed E-state index contributed by atoms with van der Waals surface area (Å²) in [4.78, 5) is 29.3. The zero-order chi connectivity index (χ0) is 22.2. The summed E-state index contributed by atoms with van der Waals surface area (Å²) in [5, 5.41) is 3.60. The second-order valence-electron chi connectivity index (χ2n) is 7.23. The third-order valence-electron chi connectivity index (χ3n) is 4.98. The van der Waals surface area contributed by atoms with Crippen LogP contribution in [0, 0.1) is 0 Å². The topological polar surface area (TPSA) is 82.5 Å². The third-order valence-corrected chi connectivity index (χ3v) is 4.98. The fourth-order valence-corrected chi connectivity index (χ4v) is 3.41. The molecule has 3 rings (SSSR count). The summed E-state index contributed by atoms with van der Waals surface area (Å²) in [7, 11) is 0. The molecule has 1 N–H and O–H groups in total. The van der Waals surface area contributed by atoms with Crippen LogP contribution in [0.3, 0.4) is 0 Å². The molecule has 0 saturated carbocycles. The van der Waals surface area contributed by atoms with Crippen LogP contribution in [0.2, 0.25) is 0 Å². The predicted octanol–water partition coefficient (Wildman–Crippen LogP) is 3.85.